The van der Waals surface area contributed by atoms with E-state index >= 15 is 0 Å². The molecule has 4 heteroatoms. The lowest BCUT2D eigenvalue weighted by atomic mass is 10.2. The number of rotatable bonds is 10. The van der Waals surface area contributed by atoms with Crippen molar-refractivity contribution in [3.63, 3.8) is 0 Å². The molecule has 0 bridgehead atoms. The third kappa shape index (κ3) is 12.2. The number of hydrogen-bond acceptors (Lipinski definition) is 3. The molecule has 0 saturated heterocycles. The van der Waals surface area contributed by atoms with Crippen molar-refractivity contribution in [1.82, 2.24) is 5.32 Å². The molecule has 1 unspecified atom stereocenters. The van der Waals surface area contributed by atoms with E-state index < -0.39 is 0 Å². The van der Waals surface area contributed by atoms with Crippen molar-refractivity contribution in [2.75, 3.05) is 40.0 Å². The van der Waals surface area contributed by atoms with E-state index in [9.17, 15) is 0 Å². The van der Waals surface area contributed by atoms with Gasteiger partial charge in [0.2, 0.25) is 0 Å². The lowest BCUT2D eigenvalue weighted by molar-refractivity contribution is 0.0720. The average molecular weight is 224 g/mol. The van der Waals surface area contributed by atoms with Gasteiger partial charge in [-0.1, -0.05) is 0 Å². The molecule has 0 amide bonds. The van der Waals surface area contributed by atoms with Crippen LogP contribution in [0.1, 0.15) is 19.8 Å². The van der Waals surface area contributed by atoms with Crippen LogP contribution in [-0.4, -0.2) is 45.4 Å². The van der Waals surface area contributed by atoms with Crippen LogP contribution < -0.4 is 5.32 Å². The fourth-order valence-electron chi connectivity index (χ4n) is 1.02. The molecular formula is C10H22ClNO2. The van der Waals surface area contributed by atoms with E-state index in [4.69, 9.17) is 21.1 Å². The molecule has 0 aliphatic heterocycles. The number of nitrogens with one attached hydrogen (secondary N) is 1. The fraction of sp³-hybridized carbons (Fsp3) is 1.00. The zero-order valence-corrected chi connectivity index (χ0v) is 9.98. The number of halogens is 1. The molecular weight excluding hydrogens is 202 g/mol. The van der Waals surface area contributed by atoms with Gasteiger partial charge in [0.1, 0.15) is 0 Å². The Hall–Kier alpha value is 0.170. The average Bonchev–Trinajstić information content (AvgIpc) is 2.15. The molecule has 1 atom stereocenters. The van der Waals surface area contributed by atoms with E-state index in [1.165, 1.54) is 0 Å². The summed E-state index contributed by atoms with van der Waals surface area (Å²) in [5.74, 6) is 0. The Bertz CT molecular complexity index is 112. The second-order valence-electron chi connectivity index (χ2n) is 3.28. The van der Waals surface area contributed by atoms with Gasteiger partial charge < -0.3 is 14.8 Å². The summed E-state index contributed by atoms with van der Waals surface area (Å²) in [6, 6.07) is 0. The zero-order valence-electron chi connectivity index (χ0n) is 9.22. The van der Waals surface area contributed by atoms with Crippen molar-refractivity contribution in [2.24, 2.45) is 0 Å². The van der Waals surface area contributed by atoms with Crippen molar-refractivity contribution in [1.29, 1.82) is 0 Å². The minimum absolute atomic E-state index is 0.287. The molecule has 0 aliphatic carbocycles. The van der Waals surface area contributed by atoms with Crippen molar-refractivity contribution in [2.45, 2.75) is 25.1 Å². The molecule has 0 spiro atoms. The number of hydrogen-bond donors (Lipinski definition) is 1. The molecule has 0 aromatic carbocycles. The fourth-order valence-corrected chi connectivity index (χ4v) is 1.18. The van der Waals surface area contributed by atoms with Crippen molar-refractivity contribution in [3.05, 3.63) is 0 Å². The summed E-state index contributed by atoms with van der Waals surface area (Å²) >= 11 is 5.81. The normalized spacial score (nSPS) is 13.1. The van der Waals surface area contributed by atoms with Gasteiger partial charge >= 0.3 is 0 Å². The Balaban J connectivity index is 2.85. The molecule has 0 saturated carbocycles. The van der Waals surface area contributed by atoms with Gasteiger partial charge in [-0.2, -0.15) is 0 Å². The van der Waals surface area contributed by atoms with Crippen LogP contribution in [0, 0.1) is 0 Å². The molecule has 0 fully saturated rings. The van der Waals surface area contributed by atoms with Crippen LogP contribution in [0.15, 0.2) is 0 Å². The minimum Gasteiger partial charge on any atom is -0.382 e. The van der Waals surface area contributed by atoms with E-state index in [2.05, 4.69) is 5.32 Å². The molecule has 3 nitrogen and oxygen atoms in total. The van der Waals surface area contributed by atoms with Gasteiger partial charge in [0, 0.05) is 19.0 Å². The molecule has 0 aromatic rings. The third-order valence-electron chi connectivity index (χ3n) is 1.81. The zero-order chi connectivity index (χ0) is 10.6. The highest BCUT2D eigenvalue weighted by molar-refractivity contribution is 6.20. The first-order valence-electron chi connectivity index (χ1n) is 5.19. The van der Waals surface area contributed by atoms with Crippen molar-refractivity contribution in [3.8, 4) is 0 Å². The van der Waals surface area contributed by atoms with Gasteiger partial charge in [-0.25, -0.2) is 0 Å². The van der Waals surface area contributed by atoms with E-state index in [0.717, 1.165) is 32.5 Å². The summed E-state index contributed by atoms with van der Waals surface area (Å²) in [4.78, 5) is 0. The largest absolute Gasteiger partial charge is 0.382 e. The van der Waals surface area contributed by atoms with Gasteiger partial charge in [0.05, 0.1) is 19.8 Å². The van der Waals surface area contributed by atoms with Crippen LogP contribution in [-0.2, 0) is 9.47 Å². The Morgan fingerprint density at radius 1 is 1.21 bits per heavy atom. The maximum absolute atomic E-state index is 5.81. The second kappa shape index (κ2) is 11.2. The molecule has 0 aliphatic rings. The standard InChI is InChI=1S/C10H22ClNO2/c1-10(11)4-3-5-12-6-7-14-9-8-13-2/h10,12H,3-9H2,1-2H3. The first kappa shape index (κ1) is 14.2. The summed E-state index contributed by atoms with van der Waals surface area (Å²) in [7, 11) is 1.68. The maximum Gasteiger partial charge on any atom is 0.0700 e. The summed E-state index contributed by atoms with van der Waals surface area (Å²) in [6.07, 6.45) is 2.20. The monoisotopic (exact) mass is 223 g/mol. The maximum atomic E-state index is 5.81. The number of alkyl halides is 1. The number of methoxy groups -OCH3 is 1. The predicted octanol–water partition coefficient (Wildman–Crippen LogP) is 1.65. The topological polar surface area (TPSA) is 30.5 Å². The lowest BCUT2D eigenvalue weighted by Crippen LogP contribution is -2.22. The van der Waals surface area contributed by atoms with Gasteiger partial charge in [-0.15, -0.1) is 11.6 Å². The highest BCUT2D eigenvalue weighted by Gasteiger charge is 1.95. The van der Waals surface area contributed by atoms with Crippen LogP contribution >= 0.6 is 11.6 Å². The van der Waals surface area contributed by atoms with Gasteiger partial charge in [-0.3, -0.25) is 0 Å². The van der Waals surface area contributed by atoms with Crippen LogP contribution in [0.3, 0.4) is 0 Å². The van der Waals surface area contributed by atoms with Crippen LogP contribution in [0.2, 0.25) is 0 Å². The van der Waals surface area contributed by atoms with Gasteiger partial charge in [0.25, 0.3) is 0 Å². The third-order valence-corrected chi connectivity index (χ3v) is 2.03. The Morgan fingerprint density at radius 3 is 2.64 bits per heavy atom. The molecule has 0 rings (SSSR count). The summed E-state index contributed by atoms with van der Waals surface area (Å²) in [6.45, 7) is 6.04. The highest BCUT2D eigenvalue weighted by Crippen LogP contribution is 2.01. The molecule has 0 heterocycles. The molecule has 86 valence electrons. The first-order chi connectivity index (χ1) is 6.77. The van der Waals surface area contributed by atoms with Crippen molar-refractivity contribution >= 4 is 11.6 Å². The summed E-state index contributed by atoms with van der Waals surface area (Å²) < 4.78 is 10.1. The Labute approximate surface area is 92.1 Å². The second-order valence-corrected chi connectivity index (χ2v) is 4.02. The van der Waals surface area contributed by atoms with Crippen LogP contribution in [0.5, 0.6) is 0 Å². The molecule has 0 radical (unpaired) electrons. The quantitative estimate of drug-likeness (QED) is 0.451. The van der Waals surface area contributed by atoms with Crippen LogP contribution in [0.25, 0.3) is 0 Å². The van der Waals surface area contributed by atoms with E-state index in [-0.39, 0.29) is 5.38 Å². The summed E-state index contributed by atoms with van der Waals surface area (Å²) in [5, 5.41) is 3.58. The molecule has 1 N–H and O–H groups in total. The smallest absolute Gasteiger partial charge is 0.0700 e. The lowest BCUT2D eigenvalue weighted by Gasteiger charge is -2.06. The first-order valence-corrected chi connectivity index (χ1v) is 5.62. The Morgan fingerprint density at radius 2 is 2.00 bits per heavy atom. The predicted molar refractivity (Wildman–Crippen MR) is 60.1 cm³/mol. The van der Waals surface area contributed by atoms with Crippen LogP contribution in [0.4, 0.5) is 0 Å². The van der Waals surface area contributed by atoms with Gasteiger partial charge in [-0.05, 0) is 26.3 Å². The molecule has 0 aromatic heterocycles. The highest BCUT2D eigenvalue weighted by atomic mass is 35.5. The van der Waals surface area contributed by atoms with E-state index in [0.29, 0.717) is 13.2 Å². The molecule has 14 heavy (non-hydrogen) atoms. The Kier molecular flexibility index (Phi) is 11.4. The number of ether oxygens (including phenoxy) is 2. The summed E-state index contributed by atoms with van der Waals surface area (Å²) in [5.41, 5.74) is 0. The SMILES string of the molecule is COCCOCCNCCCC(C)Cl. The van der Waals surface area contributed by atoms with Crippen molar-refractivity contribution < 1.29 is 9.47 Å². The minimum atomic E-state index is 0.287. The van der Waals surface area contributed by atoms with E-state index in [1.807, 2.05) is 6.92 Å². The van der Waals surface area contributed by atoms with E-state index in [1.54, 1.807) is 7.11 Å². The van der Waals surface area contributed by atoms with Gasteiger partial charge in [0.15, 0.2) is 0 Å².